The van der Waals surface area contributed by atoms with E-state index in [0.29, 0.717) is 11.8 Å². The molecule has 2 fully saturated rings. The molecule has 0 aromatic heterocycles. The first-order chi connectivity index (χ1) is 14.6. The maximum atomic E-state index is 11.3. The lowest BCUT2D eigenvalue weighted by atomic mass is 9.62. The minimum atomic E-state index is -2.09. The number of aliphatic hydroxyl groups is 1. The molecule has 0 amide bonds. The number of hydrogen-bond donors (Lipinski definition) is 1. The fourth-order valence-electron chi connectivity index (χ4n) is 6.18. The zero-order valence-electron chi connectivity index (χ0n) is 23.3. The van der Waals surface area contributed by atoms with E-state index in [0.717, 1.165) is 38.2 Å². The van der Waals surface area contributed by atoms with Crippen LogP contribution in [0.3, 0.4) is 0 Å². The van der Waals surface area contributed by atoms with Crippen molar-refractivity contribution in [3.63, 3.8) is 0 Å². The summed E-state index contributed by atoms with van der Waals surface area (Å²) in [5.74, 6) is 1.07. The van der Waals surface area contributed by atoms with Crippen LogP contribution in [0, 0.1) is 23.2 Å². The van der Waals surface area contributed by atoms with Gasteiger partial charge in [-0.05, 0) is 80.3 Å². The number of ether oxygens (including phenoxy) is 1. The van der Waals surface area contributed by atoms with Crippen molar-refractivity contribution in [1.29, 1.82) is 0 Å². The second kappa shape index (κ2) is 10.4. The second-order valence-electron chi connectivity index (χ2n) is 13.4. The van der Waals surface area contributed by atoms with Gasteiger partial charge in [-0.3, -0.25) is 0 Å². The van der Waals surface area contributed by atoms with Crippen LogP contribution in [0.15, 0.2) is 0 Å². The van der Waals surface area contributed by atoms with Gasteiger partial charge in [0.1, 0.15) is 0 Å². The molecule has 0 spiro atoms. The van der Waals surface area contributed by atoms with Gasteiger partial charge in [0.05, 0.1) is 12.2 Å². The van der Waals surface area contributed by atoms with E-state index >= 15 is 0 Å². The summed E-state index contributed by atoms with van der Waals surface area (Å²) in [7, 11) is -2.09. The van der Waals surface area contributed by atoms with Gasteiger partial charge in [-0.15, -0.1) is 0 Å². The Morgan fingerprint density at radius 3 is 2.16 bits per heavy atom. The third-order valence-electron chi connectivity index (χ3n) is 9.73. The first-order valence-electron chi connectivity index (χ1n) is 13.7. The highest BCUT2D eigenvalue weighted by Crippen LogP contribution is 2.61. The van der Waals surface area contributed by atoms with E-state index in [9.17, 15) is 5.11 Å². The van der Waals surface area contributed by atoms with E-state index in [1.54, 1.807) is 0 Å². The van der Waals surface area contributed by atoms with Gasteiger partial charge in [0.25, 0.3) is 0 Å². The smallest absolute Gasteiger partial charge is 0.195 e. The molecule has 4 atom stereocenters. The van der Waals surface area contributed by atoms with E-state index in [-0.39, 0.29) is 10.5 Å². The quantitative estimate of drug-likeness (QED) is 0.245. The van der Waals surface area contributed by atoms with Gasteiger partial charge in [0.15, 0.2) is 14.1 Å². The normalized spacial score (nSPS) is 29.2. The van der Waals surface area contributed by atoms with Crippen LogP contribution in [0.25, 0.3) is 0 Å². The van der Waals surface area contributed by atoms with Gasteiger partial charge in [0, 0.05) is 12.3 Å². The molecule has 3 nitrogen and oxygen atoms in total. The van der Waals surface area contributed by atoms with E-state index in [4.69, 9.17) is 9.16 Å². The fourth-order valence-corrected chi connectivity index (χ4v) is 7.66. The molecule has 2 saturated carbocycles. The van der Waals surface area contributed by atoms with Crippen LogP contribution in [0.2, 0.25) is 18.1 Å². The Labute approximate surface area is 201 Å². The zero-order chi connectivity index (χ0) is 24.4. The molecule has 0 aliphatic heterocycles. The first kappa shape index (κ1) is 28.3. The molecule has 2 aliphatic carbocycles. The minimum Gasteiger partial charge on any atom is -0.390 e. The van der Waals surface area contributed by atoms with Crippen molar-refractivity contribution >= 4 is 8.32 Å². The summed E-state index contributed by atoms with van der Waals surface area (Å²) >= 11 is 0. The predicted molar refractivity (Wildman–Crippen MR) is 139 cm³/mol. The van der Waals surface area contributed by atoms with Crippen molar-refractivity contribution in [2.75, 3.05) is 6.61 Å². The first-order valence-corrected chi connectivity index (χ1v) is 16.6. The van der Waals surface area contributed by atoms with Crippen molar-refractivity contribution in [3.8, 4) is 0 Å². The highest BCUT2D eigenvalue weighted by molar-refractivity contribution is 6.74. The molecule has 0 bridgehead atoms. The van der Waals surface area contributed by atoms with E-state index in [2.05, 4.69) is 68.5 Å². The summed E-state index contributed by atoms with van der Waals surface area (Å²) < 4.78 is 14.4. The third-order valence-corrected chi connectivity index (χ3v) is 14.2. The Morgan fingerprint density at radius 2 is 1.62 bits per heavy atom. The number of hydrogen-bond acceptors (Lipinski definition) is 3. The highest BCUT2D eigenvalue weighted by Gasteiger charge is 2.59. The average molecular weight is 469 g/mol. The zero-order valence-corrected chi connectivity index (χ0v) is 24.3. The topological polar surface area (TPSA) is 38.7 Å². The Morgan fingerprint density at radius 1 is 1.00 bits per heavy atom. The monoisotopic (exact) mass is 468 g/mol. The minimum absolute atomic E-state index is 0.122. The van der Waals surface area contributed by atoms with E-state index < -0.39 is 19.7 Å². The van der Waals surface area contributed by atoms with Crippen molar-refractivity contribution in [3.05, 3.63) is 0 Å². The molecule has 2 aliphatic rings. The summed E-state index contributed by atoms with van der Waals surface area (Å²) in [4.78, 5) is 0. The maximum Gasteiger partial charge on any atom is 0.195 e. The predicted octanol–water partition coefficient (Wildman–Crippen LogP) is 8.31. The summed E-state index contributed by atoms with van der Waals surface area (Å²) in [5.41, 5.74) is -0.344. The van der Waals surface area contributed by atoms with Gasteiger partial charge in [0.2, 0.25) is 0 Å². The van der Waals surface area contributed by atoms with Gasteiger partial charge in [-0.2, -0.15) is 0 Å². The fraction of sp³-hybridized carbons (Fsp3) is 1.00. The van der Waals surface area contributed by atoms with Crippen LogP contribution >= 0.6 is 0 Å². The molecule has 1 N–H and O–H groups in total. The van der Waals surface area contributed by atoms with E-state index in [1.165, 1.54) is 38.5 Å². The standard InChI is InChI=1S/C28H56O3Si/c1-11-27(29,12-2)19-20-28(30-21-22(3)4,31-32(9,10)25(5,6)7)24-17-16-23-15-13-14-18-26(23,24)8/h22-24,29H,11-21H2,1-10H3. The van der Waals surface area contributed by atoms with Gasteiger partial charge in [-0.25, -0.2) is 0 Å². The molecule has 0 radical (unpaired) electrons. The molecule has 0 aromatic carbocycles. The van der Waals surface area contributed by atoms with Crippen LogP contribution in [0.5, 0.6) is 0 Å². The number of fused-ring (bicyclic) bond motifs is 1. The maximum absolute atomic E-state index is 11.3. The molecule has 2 rings (SSSR count). The molecule has 0 heterocycles. The van der Waals surface area contributed by atoms with Crippen molar-refractivity contribution in [2.45, 2.75) is 149 Å². The lowest BCUT2D eigenvalue weighted by Crippen LogP contribution is -2.58. The molecule has 32 heavy (non-hydrogen) atoms. The Kier molecular flexibility index (Phi) is 9.19. The summed E-state index contributed by atoms with van der Waals surface area (Å²) in [6.45, 7) is 23.7. The van der Waals surface area contributed by atoms with Crippen LogP contribution in [0.4, 0.5) is 0 Å². The SMILES string of the molecule is CCC(O)(CC)CCC(OCC(C)C)(O[Si](C)(C)C(C)(C)C)C1CCC2CCCCC21C. The molecule has 4 unspecified atom stereocenters. The van der Waals surface area contributed by atoms with Crippen LogP contribution < -0.4 is 0 Å². The lowest BCUT2D eigenvalue weighted by Gasteiger charge is -2.54. The molecule has 0 aromatic rings. The van der Waals surface area contributed by atoms with Crippen molar-refractivity contribution in [2.24, 2.45) is 23.2 Å². The second-order valence-corrected chi connectivity index (χ2v) is 18.1. The van der Waals surface area contributed by atoms with Gasteiger partial charge < -0.3 is 14.3 Å². The largest absolute Gasteiger partial charge is 0.390 e. The Balaban J connectivity index is 2.53. The Bertz CT molecular complexity index is 592. The molecule has 0 saturated heterocycles. The Hall–Kier alpha value is 0.0969. The molecular weight excluding hydrogens is 412 g/mol. The molecular formula is C28H56O3Si. The lowest BCUT2D eigenvalue weighted by molar-refractivity contribution is -0.259. The third kappa shape index (κ3) is 6.01. The van der Waals surface area contributed by atoms with Crippen LogP contribution in [0.1, 0.15) is 120 Å². The number of rotatable bonds is 11. The summed E-state index contributed by atoms with van der Waals surface area (Å²) in [6.07, 6.45) is 11.0. The van der Waals surface area contributed by atoms with Crippen LogP contribution in [-0.4, -0.2) is 31.4 Å². The van der Waals surface area contributed by atoms with Crippen molar-refractivity contribution < 1.29 is 14.3 Å². The molecule has 4 heteroatoms. The van der Waals surface area contributed by atoms with Crippen LogP contribution in [-0.2, 0) is 9.16 Å². The van der Waals surface area contributed by atoms with Crippen molar-refractivity contribution in [1.82, 2.24) is 0 Å². The van der Waals surface area contributed by atoms with E-state index in [1.807, 2.05) is 0 Å². The van der Waals surface area contributed by atoms with Gasteiger partial charge in [-0.1, -0.05) is 68.2 Å². The summed E-state index contributed by atoms with van der Waals surface area (Å²) in [5, 5.41) is 11.4. The van der Waals surface area contributed by atoms with Gasteiger partial charge >= 0.3 is 0 Å². The highest BCUT2D eigenvalue weighted by atomic mass is 28.4. The summed E-state index contributed by atoms with van der Waals surface area (Å²) in [6, 6.07) is 0. The average Bonchev–Trinajstić information content (AvgIpc) is 3.06. The molecule has 190 valence electrons.